The van der Waals surface area contributed by atoms with Crippen molar-refractivity contribution in [3.05, 3.63) is 127 Å². The molecule has 0 saturated carbocycles. The number of ether oxygens (including phenoxy) is 2. The Balaban J connectivity index is 0.000000224. The summed E-state index contributed by atoms with van der Waals surface area (Å²) in [4.78, 5) is 23.7. The predicted molar refractivity (Wildman–Crippen MR) is 211 cm³/mol. The van der Waals surface area contributed by atoms with Crippen molar-refractivity contribution >= 4 is 28.8 Å². The molecule has 0 unspecified atom stereocenters. The van der Waals surface area contributed by atoms with Crippen molar-refractivity contribution < 1.29 is 35.8 Å². The zero-order valence-corrected chi connectivity index (χ0v) is 31.6. The lowest BCUT2D eigenvalue weighted by atomic mass is 10.2. The van der Waals surface area contributed by atoms with E-state index < -0.39 is 18.1 Å². The van der Waals surface area contributed by atoms with Crippen LogP contribution in [-0.4, -0.2) is 75.6 Å². The molecular formula is C41H41F6N9O2. The zero-order chi connectivity index (χ0) is 41.4. The summed E-state index contributed by atoms with van der Waals surface area (Å²) in [7, 11) is 0. The van der Waals surface area contributed by atoms with E-state index in [1.165, 1.54) is 42.7 Å². The minimum Gasteiger partial charge on any atom is -0.406 e. The second-order valence-electron chi connectivity index (χ2n) is 12.1. The Morgan fingerprint density at radius 2 is 1.31 bits per heavy atom. The van der Waals surface area contributed by atoms with Gasteiger partial charge < -0.3 is 25.4 Å². The molecule has 0 bridgehead atoms. The van der Waals surface area contributed by atoms with Crippen LogP contribution in [0.3, 0.4) is 0 Å². The van der Waals surface area contributed by atoms with Crippen LogP contribution >= 0.6 is 0 Å². The maximum atomic E-state index is 12.5. The summed E-state index contributed by atoms with van der Waals surface area (Å²) in [5.41, 5.74) is 2.81. The number of hydrogen-bond donors (Lipinski definition) is 3. The molecule has 0 spiro atoms. The molecule has 1 saturated heterocycles. The molecule has 304 valence electrons. The highest BCUT2D eigenvalue weighted by atomic mass is 19.4. The molecule has 58 heavy (non-hydrogen) atoms. The van der Waals surface area contributed by atoms with Crippen LogP contribution in [-0.2, 0) is 10.9 Å². The van der Waals surface area contributed by atoms with Gasteiger partial charge in [0.1, 0.15) is 29.5 Å². The summed E-state index contributed by atoms with van der Waals surface area (Å²) in [6.07, 6.45) is -4.38. The molecule has 0 radical (unpaired) electrons. The molecule has 1 fully saturated rings. The third-order valence-corrected chi connectivity index (χ3v) is 8.08. The molecule has 6 aromatic rings. The molecule has 3 N–H and O–H groups in total. The van der Waals surface area contributed by atoms with Crippen molar-refractivity contribution in [1.82, 2.24) is 29.8 Å². The van der Waals surface area contributed by atoms with Gasteiger partial charge in [-0.05, 0) is 60.7 Å². The van der Waals surface area contributed by atoms with Crippen LogP contribution in [0.5, 0.6) is 5.75 Å². The van der Waals surface area contributed by atoms with Crippen molar-refractivity contribution in [1.29, 1.82) is 0 Å². The monoisotopic (exact) mass is 805 g/mol. The SMILES string of the molecule is CC.FC(F)(F)Oc1ccc(Nc2cc(NCCN3CCOCC3)nc(-c3ccccc3)n2)cc1.FC(F)(F)c1ccc(Nc2cc(-c3ccncc3)ncn2)cc1. The van der Waals surface area contributed by atoms with Gasteiger partial charge in [-0.15, -0.1) is 13.2 Å². The van der Waals surface area contributed by atoms with E-state index in [-0.39, 0.29) is 5.75 Å². The molecule has 3 aromatic carbocycles. The van der Waals surface area contributed by atoms with Gasteiger partial charge in [-0.2, -0.15) is 13.2 Å². The topological polar surface area (TPSA) is 122 Å². The van der Waals surface area contributed by atoms with E-state index in [2.05, 4.69) is 50.5 Å². The predicted octanol–water partition coefficient (Wildman–Crippen LogP) is 9.86. The van der Waals surface area contributed by atoms with E-state index in [0.717, 1.165) is 56.1 Å². The fourth-order valence-electron chi connectivity index (χ4n) is 5.37. The first kappa shape index (κ1) is 42.8. The summed E-state index contributed by atoms with van der Waals surface area (Å²) in [6, 6.07) is 26.9. The van der Waals surface area contributed by atoms with E-state index in [4.69, 9.17) is 4.74 Å². The number of hydrogen-bond acceptors (Lipinski definition) is 11. The number of benzene rings is 3. The number of morpholine rings is 1. The van der Waals surface area contributed by atoms with Crippen LogP contribution < -0.4 is 20.7 Å². The first-order valence-electron chi connectivity index (χ1n) is 18.2. The van der Waals surface area contributed by atoms with E-state index in [0.29, 0.717) is 46.9 Å². The van der Waals surface area contributed by atoms with Crippen molar-refractivity contribution in [2.45, 2.75) is 26.4 Å². The number of pyridine rings is 1. The molecular weight excluding hydrogens is 764 g/mol. The minimum absolute atomic E-state index is 0.286. The van der Waals surface area contributed by atoms with Gasteiger partial charge in [0.05, 0.1) is 24.5 Å². The minimum atomic E-state index is -4.73. The van der Waals surface area contributed by atoms with Crippen LogP contribution in [0.25, 0.3) is 22.6 Å². The molecule has 1 aliphatic heterocycles. The summed E-state index contributed by atoms with van der Waals surface area (Å²) in [6.45, 7) is 8.85. The van der Waals surface area contributed by atoms with Crippen molar-refractivity contribution in [3.63, 3.8) is 0 Å². The number of halogens is 6. The van der Waals surface area contributed by atoms with Gasteiger partial charge in [-0.1, -0.05) is 44.2 Å². The van der Waals surface area contributed by atoms with E-state index in [1.54, 1.807) is 24.5 Å². The van der Waals surface area contributed by atoms with Gasteiger partial charge in [-0.25, -0.2) is 19.9 Å². The quantitative estimate of drug-likeness (QED) is 0.109. The lowest BCUT2D eigenvalue weighted by Crippen LogP contribution is -2.39. The molecule has 11 nitrogen and oxygen atoms in total. The Hall–Kier alpha value is -6.33. The Labute approximate surface area is 331 Å². The van der Waals surface area contributed by atoms with Crippen LogP contribution in [0.2, 0.25) is 0 Å². The fraction of sp³-hybridized carbons (Fsp3) is 0.244. The Bertz CT molecular complexity index is 2120. The van der Waals surface area contributed by atoms with E-state index in [1.807, 2.05) is 56.3 Å². The summed E-state index contributed by atoms with van der Waals surface area (Å²) < 4.78 is 84.1. The Morgan fingerprint density at radius 1 is 0.690 bits per heavy atom. The van der Waals surface area contributed by atoms with E-state index >= 15 is 0 Å². The van der Waals surface area contributed by atoms with Crippen molar-refractivity contribution in [3.8, 4) is 28.4 Å². The number of anilines is 5. The molecule has 3 aromatic heterocycles. The van der Waals surface area contributed by atoms with Crippen molar-refractivity contribution in [2.24, 2.45) is 0 Å². The third kappa shape index (κ3) is 13.7. The normalized spacial score (nSPS) is 12.9. The standard InChI is InChI=1S/C23H24F3N5O2.C16H11F3N4.C2H6/c24-23(25,26)33-19-8-6-18(7-9-19)28-21-16-20(27-10-11-31-12-14-32-15-13-31)29-22(30-21)17-4-2-1-3-5-17;17-16(18,19)12-1-3-13(4-2-12)23-15-9-14(21-10-22-15)11-5-7-20-8-6-11;1-2/h1-9,16H,10-15H2,(H2,27,28,29,30);1-10H,(H,21,22,23);1-2H3. The number of rotatable bonds is 11. The lowest BCUT2D eigenvalue weighted by Gasteiger charge is -2.26. The maximum Gasteiger partial charge on any atom is 0.573 e. The molecule has 0 atom stereocenters. The summed E-state index contributed by atoms with van der Waals surface area (Å²) in [5, 5.41) is 9.43. The number of aromatic nitrogens is 5. The highest BCUT2D eigenvalue weighted by Crippen LogP contribution is 2.31. The van der Waals surface area contributed by atoms with Gasteiger partial charge in [0.15, 0.2) is 5.82 Å². The lowest BCUT2D eigenvalue weighted by molar-refractivity contribution is -0.274. The summed E-state index contributed by atoms with van der Waals surface area (Å²) in [5.74, 6) is 1.91. The van der Waals surface area contributed by atoms with Gasteiger partial charge in [0.2, 0.25) is 0 Å². The molecule has 0 amide bonds. The Kier molecular flexibility index (Phi) is 15.3. The summed E-state index contributed by atoms with van der Waals surface area (Å²) >= 11 is 0. The van der Waals surface area contributed by atoms with Gasteiger partial charge >= 0.3 is 12.5 Å². The second-order valence-corrected chi connectivity index (χ2v) is 12.1. The Morgan fingerprint density at radius 3 is 1.95 bits per heavy atom. The molecule has 17 heteroatoms. The third-order valence-electron chi connectivity index (χ3n) is 8.08. The average Bonchev–Trinajstić information content (AvgIpc) is 3.23. The van der Waals surface area contributed by atoms with Crippen LogP contribution in [0, 0.1) is 0 Å². The van der Waals surface area contributed by atoms with Crippen LogP contribution in [0.1, 0.15) is 19.4 Å². The number of nitrogens with zero attached hydrogens (tertiary/aromatic N) is 6. The van der Waals surface area contributed by atoms with Crippen LogP contribution in [0.15, 0.2) is 122 Å². The smallest absolute Gasteiger partial charge is 0.406 e. The first-order chi connectivity index (χ1) is 28.0. The van der Waals surface area contributed by atoms with Gasteiger partial charge in [-0.3, -0.25) is 9.88 Å². The largest absolute Gasteiger partial charge is 0.573 e. The molecule has 1 aliphatic rings. The number of alkyl halides is 6. The molecule has 4 heterocycles. The highest BCUT2D eigenvalue weighted by Gasteiger charge is 2.31. The van der Waals surface area contributed by atoms with Crippen LogP contribution in [0.4, 0.5) is 55.2 Å². The number of nitrogens with one attached hydrogen (secondary N) is 3. The second kappa shape index (κ2) is 20.7. The van der Waals surface area contributed by atoms with Gasteiger partial charge in [0, 0.05) is 73.2 Å². The first-order valence-corrected chi connectivity index (χ1v) is 18.2. The average molecular weight is 806 g/mol. The maximum absolute atomic E-state index is 12.5. The molecule has 0 aliphatic carbocycles. The highest BCUT2D eigenvalue weighted by molar-refractivity contribution is 5.66. The fourth-order valence-corrected chi connectivity index (χ4v) is 5.37. The van der Waals surface area contributed by atoms with Crippen molar-refractivity contribution in [2.75, 3.05) is 55.3 Å². The van der Waals surface area contributed by atoms with E-state index in [9.17, 15) is 26.3 Å². The molecule has 7 rings (SSSR count). The zero-order valence-electron chi connectivity index (χ0n) is 31.6. The van der Waals surface area contributed by atoms with Gasteiger partial charge in [0.25, 0.3) is 0 Å².